The van der Waals surface area contributed by atoms with Crippen LogP contribution >= 0.6 is 0 Å². The standard InChI is InChI=1S/C15H13F4NO/c1-9(2)14-5-10(8-21)7-20(14)13-4-3-11(16)6-12(13)15(17,18)19/h3-9H,1-2H3. The van der Waals surface area contributed by atoms with Crippen LogP contribution in [0.25, 0.3) is 5.69 Å². The van der Waals surface area contributed by atoms with Gasteiger partial charge in [0.2, 0.25) is 0 Å². The van der Waals surface area contributed by atoms with Crippen LogP contribution in [0, 0.1) is 5.82 Å². The second-order valence-electron chi connectivity index (χ2n) is 5.00. The Morgan fingerprint density at radius 2 is 1.86 bits per heavy atom. The molecule has 6 heteroatoms. The number of carbonyl (C=O) groups excluding carboxylic acids is 1. The highest BCUT2D eigenvalue weighted by molar-refractivity contribution is 5.75. The first kappa shape index (κ1) is 15.3. The Morgan fingerprint density at radius 1 is 1.19 bits per heavy atom. The number of carbonyl (C=O) groups is 1. The van der Waals surface area contributed by atoms with Crippen molar-refractivity contribution in [2.24, 2.45) is 0 Å². The Balaban J connectivity index is 2.72. The van der Waals surface area contributed by atoms with Crippen molar-refractivity contribution < 1.29 is 22.4 Å². The molecule has 0 amide bonds. The summed E-state index contributed by atoms with van der Waals surface area (Å²) in [5, 5.41) is 0. The van der Waals surface area contributed by atoms with Gasteiger partial charge < -0.3 is 4.57 Å². The molecular formula is C15H13F4NO. The number of hydrogen-bond acceptors (Lipinski definition) is 1. The minimum atomic E-state index is -4.68. The summed E-state index contributed by atoms with van der Waals surface area (Å²) in [7, 11) is 0. The highest BCUT2D eigenvalue weighted by atomic mass is 19.4. The summed E-state index contributed by atoms with van der Waals surface area (Å²) in [4.78, 5) is 10.9. The van der Waals surface area contributed by atoms with E-state index >= 15 is 0 Å². The van der Waals surface area contributed by atoms with Crippen LogP contribution in [0.5, 0.6) is 0 Å². The van der Waals surface area contributed by atoms with Crippen LogP contribution in [0.2, 0.25) is 0 Å². The summed E-state index contributed by atoms with van der Waals surface area (Å²) in [5.74, 6) is -1.05. The third-order valence-electron chi connectivity index (χ3n) is 3.12. The lowest BCUT2D eigenvalue weighted by molar-refractivity contribution is -0.137. The first-order chi connectivity index (χ1) is 9.74. The third kappa shape index (κ3) is 2.99. The molecule has 1 aromatic carbocycles. The molecule has 0 spiro atoms. The fourth-order valence-corrected chi connectivity index (χ4v) is 2.16. The van der Waals surface area contributed by atoms with E-state index in [1.165, 1.54) is 16.8 Å². The molecule has 0 fully saturated rings. The molecule has 0 aliphatic carbocycles. The zero-order valence-corrected chi connectivity index (χ0v) is 11.4. The molecule has 21 heavy (non-hydrogen) atoms. The van der Waals surface area contributed by atoms with Gasteiger partial charge in [0, 0.05) is 17.5 Å². The van der Waals surface area contributed by atoms with Gasteiger partial charge in [-0.3, -0.25) is 4.79 Å². The van der Waals surface area contributed by atoms with Crippen LogP contribution in [-0.4, -0.2) is 10.9 Å². The average molecular weight is 299 g/mol. The van der Waals surface area contributed by atoms with Crippen molar-refractivity contribution in [3.05, 3.63) is 53.1 Å². The summed E-state index contributed by atoms with van der Waals surface area (Å²) in [5.41, 5.74) is -0.441. The molecule has 0 aliphatic rings. The van der Waals surface area contributed by atoms with Crippen LogP contribution in [0.4, 0.5) is 17.6 Å². The van der Waals surface area contributed by atoms with E-state index in [0.29, 0.717) is 18.0 Å². The van der Waals surface area contributed by atoms with Crippen LogP contribution in [0.3, 0.4) is 0 Å². The molecule has 0 atom stereocenters. The first-order valence-corrected chi connectivity index (χ1v) is 6.28. The van der Waals surface area contributed by atoms with E-state index in [-0.39, 0.29) is 17.2 Å². The molecule has 1 aromatic heterocycles. The summed E-state index contributed by atoms with van der Waals surface area (Å²) in [6.45, 7) is 3.61. The van der Waals surface area contributed by atoms with E-state index in [4.69, 9.17) is 0 Å². The van der Waals surface area contributed by atoms with Gasteiger partial charge in [0.25, 0.3) is 0 Å². The molecule has 2 aromatic rings. The summed E-state index contributed by atoms with van der Waals surface area (Å²) in [6.07, 6.45) is -2.79. The van der Waals surface area contributed by atoms with E-state index < -0.39 is 17.6 Å². The lowest BCUT2D eigenvalue weighted by atomic mass is 10.1. The van der Waals surface area contributed by atoms with E-state index in [1.807, 2.05) is 0 Å². The van der Waals surface area contributed by atoms with Crippen LogP contribution in [0.15, 0.2) is 30.5 Å². The number of hydrogen-bond donors (Lipinski definition) is 0. The first-order valence-electron chi connectivity index (χ1n) is 6.28. The van der Waals surface area contributed by atoms with Crippen molar-refractivity contribution in [1.82, 2.24) is 4.57 Å². The molecule has 1 heterocycles. The molecule has 0 saturated heterocycles. The van der Waals surface area contributed by atoms with Gasteiger partial charge >= 0.3 is 6.18 Å². The Morgan fingerprint density at radius 3 is 2.38 bits per heavy atom. The SMILES string of the molecule is CC(C)c1cc(C=O)cn1-c1ccc(F)cc1C(F)(F)F. The van der Waals surface area contributed by atoms with Crippen LogP contribution in [0.1, 0.15) is 41.4 Å². The van der Waals surface area contributed by atoms with E-state index in [0.717, 1.165) is 12.1 Å². The molecule has 0 unspecified atom stereocenters. The van der Waals surface area contributed by atoms with Crippen LogP contribution in [-0.2, 0) is 6.18 Å². The molecule has 0 bridgehead atoms. The molecular weight excluding hydrogens is 286 g/mol. The topological polar surface area (TPSA) is 22.0 Å². The minimum absolute atomic E-state index is 0.0927. The van der Waals surface area contributed by atoms with Crippen molar-refractivity contribution in [2.45, 2.75) is 25.9 Å². The van der Waals surface area contributed by atoms with Gasteiger partial charge in [-0.15, -0.1) is 0 Å². The number of halogens is 4. The number of nitrogens with zero attached hydrogens (tertiary/aromatic N) is 1. The van der Waals surface area contributed by atoms with E-state index in [2.05, 4.69) is 0 Å². The zero-order chi connectivity index (χ0) is 15.8. The largest absolute Gasteiger partial charge is 0.418 e. The fourth-order valence-electron chi connectivity index (χ4n) is 2.16. The fraction of sp³-hybridized carbons (Fsp3) is 0.267. The number of benzene rings is 1. The summed E-state index contributed by atoms with van der Waals surface area (Å²) in [6, 6.07) is 4.02. The lowest BCUT2D eigenvalue weighted by Gasteiger charge is -2.17. The maximum absolute atomic E-state index is 13.2. The maximum atomic E-state index is 13.2. The van der Waals surface area contributed by atoms with Crippen LogP contribution < -0.4 is 0 Å². The second-order valence-corrected chi connectivity index (χ2v) is 5.00. The Labute approximate surface area is 119 Å². The predicted octanol–water partition coefficient (Wildman–Crippen LogP) is 4.57. The van der Waals surface area contributed by atoms with E-state index in [9.17, 15) is 22.4 Å². The second kappa shape index (κ2) is 5.35. The number of aromatic nitrogens is 1. The van der Waals surface area contributed by atoms with Crippen molar-refractivity contribution in [3.8, 4) is 5.69 Å². The third-order valence-corrected chi connectivity index (χ3v) is 3.12. The summed E-state index contributed by atoms with van der Waals surface area (Å²) >= 11 is 0. The van der Waals surface area contributed by atoms with Crippen molar-refractivity contribution in [2.75, 3.05) is 0 Å². The Bertz CT molecular complexity index is 671. The van der Waals surface area contributed by atoms with Gasteiger partial charge in [-0.1, -0.05) is 13.8 Å². The normalized spacial score (nSPS) is 12.0. The van der Waals surface area contributed by atoms with E-state index in [1.54, 1.807) is 13.8 Å². The molecule has 0 N–H and O–H groups in total. The monoisotopic (exact) mass is 299 g/mol. The number of aldehydes is 1. The molecule has 112 valence electrons. The maximum Gasteiger partial charge on any atom is 0.418 e. The molecule has 2 nitrogen and oxygen atoms in total. The molecule has 0 saturated carbocycles. The summed E-state index contributed by atoms with van der Waals surface area (Å²) < 4.78 is 53.7. The quantitative estimate of drug-likeness (QED) is 0.601. The average Bonchev–Trinajstić information content (AvgIpc) is 2.82. The van der Waals surface area contributed by atoms with Gasteiger partial charge in [0.15, 0.2) is 6.29 Å². The molecule has 2 rings (SSSR count). The van der Waals surface area contributed by atoms with Gasteiger partial charge in [0.05, 0.1) is 11.3 Å². The van der Waals surface area contributed by atoms with Gasteiger partial charge in [-0.2, -0.15) is 13.2 Å². The molecule has 0 radical (unpaired) electrons. The predicted molar refractivity (Wildman–Crippen MR) is 70.2 cm³/mol. The Hall–Kier alpha value is -2.11. The Kier molecular flexibility index (Phi) is 3.89. The van der Waals surface area contributed by atoms with Gasteiger partial charge in [0.1, 0.15) is 5.82 Å². The van der Waals surface area contributed by atoms with Crippen molar-refractivity contribution >= 4 is 6.29 Å². The highest BCUT2D eigenvalue weighted by Crippen LogP contribution is 2.36. The minimum Gasteiger partial charge on any atom is -0.319 e. The molecule has 0 aliphatic heterocycles. The van der Waals surface area contributed by atoms with Gasteiger partial charge in [-0.05, 0) is 30.2 Å². The van der Waals surface area contributed by atoms with Crippen molar-refractivity contribution in [1.29, 1.82) is 0 Å². The lowest BCUT2D eigenvalue weighted by Crippen LogP contribution is -2.12. The highest BCUT2D eigenvalue weighted by Gasteiger charge is 2.35. The number of alkyl halides is 3. The smallest absolute Gasteiger partial charge is 0.319 e. The number of rotatable bonds is 3. The zero-order valence-electron chi connectivity index (χ0n) is 11.4. The van der Waals surface area contributed by atoms with Gasteiger partial charge in [-0.25, -0.2) is 4.39 Å². The van der Waals surface area contributed by atoms with Crippen molar-refractivity contribution in [3.63, 3.8) is 0 Å².